The van der Waals surface area contributed by atoms with Crippen molar-refractivity contribution in [2.75, 3.05) is 39.4 Å². The van der Waals surface area contributed by atoms with E-state index >= 15 is 0 Å². The molecule has 0 saturated carbocycles. The number of para-hydroxylation sites is 1. The summed E-state index contributed by atoms with van der Waals surface area (Å²) in [6, 6.07) is 8.43. The Balaban J connectivity index is 1.45. The van der Waals surface area contributed by atoms with Crippen LogP contribution in [0.2, 0.25) is 0 Å². The summed E-state index contributed by atoms with van der Waals surface area (Å²) in [5.74, 6) is -0.121. The van der Waals surface area contributed by atoms with E-state index in [0.29, 0.717) is 31.2 Å². The highest BCUT2D eigenvalue weighted by atomic mass is 16.7. The van der Waals surface area contributed by atoms with Gasteiger partial charge in [-0.3, -0.25) is 14.2 Å². The summed E-state index contributed by atoms with van der Waals surface area (Å²) < 4.78 is 14.1. The van der Waals surface area contributed by atoms with Gasteiger partial charge in [0.05, 0.1) is 5.52 Å². The number of likely N-dealkylation sites (tertiary alicyclic amines) is 2. The molecule has 1 N–H and O–H groups in total. The van der Waals surface area contributed by atoms with Gasteiger partial charge in [-0.05, 0) is 76.2 Å². The molecule has 1 aromatic heterocycles. The lowest BCUT2D eigenvalue weighted by Crippen LogP contribution is -2.49. The summed E-state index contributed by atoms with van der Waals surface area (Å²) in [7, 11) is 0. The fraction of sp³-hybridized carbons (Fsp3) is 0.613. The summed E-state index contributed by atoms with van der Waals surface area (Å²) in [6.07, 6.45) is 10.4. The van der Waals surface area contributed by atoms with Gasteiger partial charge in [-0.2, -0.15) is 0 Å². The van der Waals surface area contributed by atoms with Crippen molar-refractivity contribution in [1.29, 1.82) is 0 Å². The molecular weight excluding hydrogens is 494 g/mol. The molecule has 3 aliphatic heterocycles. The number of ether oxygens (including phenoxy) is 2. The lowest BCUT2D eigenvalue weighted by atomic mass is 9.80. The van der Waals surface area contributed by atoms with E-state index < -0.39 is 6.29 Å². The maximum absolute atomic E-state index is 13.8. The number of benzene rings is 1. The van der Waals surface area contributed by atoms with E-state index in [1.807, 2.05) is 48.4 Å². The number of carbonyl (C=O) groups excluding carboxylic acids is 2. The van der Waals surface area contributed by atoms with Gasteiger partial charge in [-0.1, -0.05) is 24.6 Å². The zero-order chi connectivity index (χ0) is 27.4. The second kappa shape index (κ2) is 12.7. The number of aromatic nitrogens is 1. The van der Waals surface area contributed by atoms with E-state index in [0.717, 1.165) is 42.4 Å². The number of rotatable bonds is 8. The first kappa shape index (κ1) is 27.9. The molecule has 0 spiro atoms. The van der Waals surface area contributed by atoms with E-state index in [9.17, 15) is 14.7 Å². The van der Waals surface area contributed by atoms with Gasteiger partial charge in [0.15, 0.2) is 5.76 Å². The molecule has 8 nitrogen and oxygen atoms in total. The molecule has 0 unspecified atom stereocenters. The number of hydrogen-bond acceptors (Lipinski definition) is 6. The van der Waals surface area contributed by atoms with E-state index in [-0.39, 0.29) is 30.3 Å². The van der Waals surface area contributed by atoms with Gasteiger partial charge in [0.25, 0.3) is 5.91 Å². The molecule has 0 aliphatic carbocycles. The minimum absolute atomic E-state index is 0.0605. The first-order chi connectivity index (χ1) is 19.0. The van der Waals surface area contributed by atoms with Crippen molar-refractivity contribution in [2.24, 2.45) is 5.92 Å². The minimum Gasteiger partial charge on any atom is -0.459 e. The monoisotopic (exact) mass is 537 g/mol. The zero-order valence-electron chi connectivity index (χ0n) is 23.4. The third-order valence-electron chi connectivity index (χ3n) is 8.72. The number of allylic oxidation sites excluding steroid dienone is 1. The molecular formula is C31H43N3O5. The molecule has 39 heavy (non-hydrogen) atoms. The first-order valence-corrected chi connectivity index (χ1v) is 14.8. The molecule has 2 fully saturated rings. The fourth-order valence-electron chi connectivity index (χ4n) is 6.72. The lowest BCUT2D eigenvalue weighted by Gasteiger charge is -2.41. The Morgan fingerprint density at radius 3 is 2.51 bits per heavy atom. The first-order valence-electron chi connectivity index (χ1n) is 14.8. The van der Waals surface area contributed by atoms with Crippen LogP contribution in [-0.2, 0) is 14.3 Å². The van der Waals surface area contributed by atoms with Gasteiger partial charge in [-0.15, -0.1) is 0 Å². The van der Waals surface area contributed by atoms with Crippen LogP contribution in [0.3, 0.4) is 0 Å². The van der Waals surface area contributed by atoms with Crippen LogP contribution in [0.4, 0.5) is 0 Å². The number of nitrogens with zero attached hydrogens (tertiary/aromatic N) is 3. The Labute approximate surface area is 231 Å². The van der Waals surface area contributed by atoms with Crippen LogP contribution in [0.1, 0.15) is 75.1 Å². The molecule has 2 aromatic rings. The van der Waals surface area contributed by atoms with E-state index in [1.54, 1.807) is 11.5 Å². The molecule has 8 heteroatoms. The third-order valence-corrected chi connectivity index (χ3v) is 8.72. The second-order valence-corrected chi connectivity index (χ2v) is 11.1. The van der Waals surface area contributed by atoms with Crippen LogP contribution in [0.25, 0.3) is 10.9 Å². The molecule has 212 valence electrons. The molecule has 3 aliphatic rings. The number of aliphatic hydroxyl groups excluding tert-OH is 1. The second-order valence-electron chi connectivity index (χ2n) is 11.1. The third kappa shape index (κ3) is 5.93. The number of piperidine rings is 2. The average molecular weight is 538 g/mol. The number of amides is 1. The molecule has 4 heterocycles. The number of hydrogen-bond donors (Lipinski definition) is 1. The molecule has 1 amide bonds. The van der Waals surface area contributed by atoms with E-state index in [2.05, 4.69) is 4.90 Å². The highest BCUT2D eigenvalue weighted by Crippen LogP contribution is 2.43. The molecule has 2 saturated heterocycles. The van der Waals surface area contributed by atoms with Crippen LogP contribution >= 0.6 is 0 Å². The topological polar surface area (TPSA) is 84.2 Å². The maximum Gasteiger partial charge on any atom is 0.288 e. The van der Waals surface area contributed by atoms with Crippen molar-refractivity contribution in [3.05, 3.63) is 47.9 Å². The van der Waals surface area contributed by atoms with Gasteiger partial charge in [0, 0.05) is 62.7 Å². The van der Waals surface area contributed by atoms with Crippen LogP contribution in [0.5, 0.6) is 0 Å². The Bertz CT molecular complexity index is 1180. The van der Waals surface area contributed by atoms with E-state index in [4.69, 9.17) is 9.47 Å². The van der Waals surface area contributed by atoms with Crippen molar-refractivity contribution >= 4 is 22.7 Å². The Kier molecular flexibility index (Phi) is 9.05. The van der Waals surface area contributed by atoms with Crippen molar-refractivity contribution in [3.8, 4) is 0 Å². The van der Waals surface area contributed by atoms with Crippen molar-refractivity contribution in [3.63, 3.8) is 0 Å². The minimum atomic E-state index is -0.610. The normalized spacial score (nSPS) is 24.9. The highest BCUT2D eigenvalue weighted by Gasteiger charge is 2.40. The van der Waals surface area contributed by atoms with Crippen LogP contribution in [-0.4, -0.2) is 83.0 Å². The fourth-order valence-corrected chi connectivity index (χ4v) is 6.72. The largest absolute Gasteiger partial charge is 0.459 e. The van der Waals surface area contributed by atoms with Crippen molar-refractivity contribution < 1.29 is 24.2 Å². The van der Waals surface area contributed by atoms with Crippen LogP contribution < -0.4 is 0 Å². The quantitative estimate of drug-likeness (QED) is 0.533. The van der Waals surface area contributed by atoms with Crippen LogP contribution in [0.15, 0.2) is 42.3 Å². The molecule has 1 aromatic carbocycles. The Morgan fingerprint density at radius 1 is 1.08 bits per heavy atom. The zero-order valence-corrected chi connectivity index (χ0v) is 23.4. The van der Waals surface area contributed by atoms with Gasteiger partial charge in [0.1, 0.15) is 0 Å². The van der Waals surface area contributed by atoms with Gasteiger partial charge in [0.2, 0.25) is 12.2 Å². The molecule has 0 radical (unpaired) electrons. The number of aliphatic hydroxyl groups is 1. The summed E-state index contributed by atoms with van der Waals surface area (Å²) in [5.41, 5.74) is 1.83. The molecule has 3 atom stereocenters. The lowest BCUT2D eigenvalue weighted by molar-refractivity contribution is -0.170. The predicted molar refractivity (Wildman–Crippen MR) is 150 cm³/mol. The van der Waals surface area contributed by atoms with Crippen molar-refractivity contribution in [2.45, 2.75) is 77.0 Å². The highest BCUT2D eigenvalue weighted by molar-refractivity contribution is 5.95. The van der Waals surface area contributed by atoms with Gasteiger partial charge in [-0.25, -0.2) is 0 Å². The smallest absolute Gasteiger partial charge is 0.288 e. The van der Waals surface area contributed by atoms with Gasteiger partial charge >= 0.3 is 0 Å². The number of carbonyl (C=O) groups is 2. The summed E-state index contributed by atoms with van der Waals surface area (Å²) >= 11 is 0. The van der Waals surface area contributed by atoms with Crippen LogP contribution in [0, 0.1) is 5.92 Å². The molecule has 5 rings (SSSR count). The van der Waals surface area contributed by atoms with Crippen molar-refractivity contribution in [1.82, 2.24) is 14.4 Å². The standard InChI is InChI=1S/C31H43N3O5/c1-3-38-31-25(11-9-19-35)26(27-21-34(22(2)36)28-12-6-5-10-24(27)28)20-29(39-31)30(37)33-17-13-23(14-18-33)32-15-7-4-8-16-32/h5-6,10,12,20-21,23,25-26,31,35H,3-4,7-9,11,13-19H2,1-2H3/t25-,26-,31+/m0/s1. The average Bonchev–Trinajstić information content (AvgIpc) is 3.36. The maximum atomic E-state index is 13.8. The van der Waals surface area contributed by atoms with E-state index in [1.165, 1.54) is 32.4 Å². The summed E-state index contributed by atoms with van der Waals surface area (Å²) in [4.78, 5) is 30.9. The Morgan fingerprint density at radius 2 is 1.82 bits per heavy atom. The number of fused-ring (bicyclic) bond motifs is 1. The summed E-state index contributed by atoms with van der Waals surface area (Å²) in [5, 5.41) is 10.6. The molecule has 0 bridgehead atoms. The summed E-state index contributed by atoms with van der Waals surface area (Å²) in [6.45, 7) is 7.80. The SMILES string of the molecule is CCO[C@@H]1OC(C(=O)N2CCC(N3CCCCC3)CC2)=C[C@H](c2cn(C(C)=O)c3ccccc23)[C@@H]1CCCO. The Hall–Kier alpha value is -2.68. The van der Waals surface area contributed by atoms with Gasteiger partial charge < -0.3 is 24.4 Å². The predicted octanol–water partition coefficient (Wildman–Crippen LogP) is 4.53.